The number of benzene rings is 1. The van der Waals surface area contributed by atoms with Gasteiger partial charge < -0.3 is 20.1 Å². The molecule has 2 rings (SSSR count). The van der Waals surface area contributed by atoms with E-state index < -0.39 is 6.36 Å². The first-order valence-corrected chi connectivity index (χ1v) is 8.45. The molecule has 1 heterocycles. The van der Waals surface area contributed by atoms with Gasteiger partial charge in [-0.15, -0.1) is 37.1 Å². The van der Waals surface area contributed by atoms with Gasteiger partial charge in [0.2, 0.25) is 0 Å². The van der Waals surface area contributed by atoms with Crippen molar-refractivity contribution < 1.29 is 22.6 Å². The fourth-order valence-corrected chi connectivity index (χ4v) is 2.51. The van der Waals surface area contributed by atoms with E-state index in [1.165, 1.54) is 12.1 Å². The molecule has 1 aromatic rings. The van der Waals surface area contributed by atoms with Crippen molar-refractivity contribution in [3.63, 3.8) is 0 Å². The fraction of sp³-hybridized carbons (Fsp3) is 0.588. The zero-order valence-corrected chi connectivity index (χ0v) is 17.0. The summed E-state index contributed by atoms with van der Waals surface area (Å²) in [5.41, 5.74) is 0.914. The van der Waals surface area contributed by atoms with E-state index >= 15 is 0 Å². The molecule has 0 saturated carbocycles. The minimum absolute atomic E-state index is 0. The lowest BCUT2D eigenvalue weighted by Crippen LogP contribution is -2.38. The highest BCUT2D eigenvalue weighted by atomic mass is 127. The van der Waals surface area contributed by atoms with Gasteiger partial charge in [0, 0.05) is 19.7 Å². The van der Waals surface area contributed by atoms with E-state index in [1.807, 2.05) is 6.92 Å². The van der Waals surface area contributed by atoms with Crippen molar-refractivity contribution in [1.29, 1.82) is 0 Å². The molecule has 1 atom stereocenters. The lowest BCUT2D eigenvalue weighted by atomic mass is 10.1. The Morgan fingerprint density at radius 3 is 2.58 bits per heavy atom. The first kappa shape index (κ1) is 22.8. The molecule has 1 saturated heterocycles. The summed E-state index contributed by atoms with van der Waals surface area (Å²) in [6.45, 7) is 4.79. The monoisotopic (exact) mass is 487 g/mol. The van der Waals surface area contributed by atoms with Gasteiger partial charge in [-0.2, -0.15) is 0 Å². The van der Waals surface area contributed by atoms with Crippen LogP contribution in [0.5, 0.6) is 5.75 Å². The summed E-state index contributed by atoms with van der Waals surface area (Å²) in [5, 5.41) is 6.38. The van der Waals surface area contributed by atoms with Crippen LogP contribution < -0.4 is 15.4 Å². The molecule has 2 N–H and O–H groups in total. The van der Waals surface area contributed by atoms with Crippen LogP contribution in [0.2, 0.25) is 0 Å². The number of aliphatic imine (C=N–C) groups is 1. The Kier molecular flexibility index (Phi) is 10.1. The molecule has 0 aliphatic carbocycles. The summed E-state index contributed by atoms with van der Waals surface area (Å²) in [6.07, 6.45) is -1.69. The Balaban J connectivity index is 0.00000338. The number of alkyl halides is 3. The normalized spacial score (nSPS) is 17.5. The van der Waals surface area contributed by atoms with E-state index in [0.717, 1.165) is 37.5 Å². The maximum Gasteiger partial charge on any atom is 0.573 e. The largest absolute Gasteiger partial charge is 0.573 e. The van der Waals surface area contributed by atoms with Gasteiger partial charge in [0.15, 0.2) is 5.96 Å². The van der Waals surface area contributed by atoms with Crippen molar-refractivity contribution in [1.82, 2.24) is 10.6 Å². The van der Waals surface area contributed by atoms with Gasteiger partial charge in [-0.25, -0.2) is 0 Å². The highest BCUT2D eigenvalue weighted by Crippen LogP contribution is 2.22. The van der Waals surface area contributed by atoms with Crippen LogP contribution in [0, 0.1) is 0 Å². The number of hydrogen-bond acceptors (Lipinski definition) is 3. The SMILES string of the molecule is CCNC(=NCC1CCCO1)NCCc1ccc(OC(F)(F)F)cc1.I. The highest BCUT2D eigenvalue weighted by molar-refractivity contribution is 14.0. The van der Waals surface area contributed by atoms with Crippen molar-refractivity contribution in [3.8, 4) is 5.75 Å². The molecule has 1 fully saturated rings. The Morgan fingerprint density at radius 1 is 1.27 bits per heavy atom. The summed E-state index contributed by atoms with van der Waals surface area (Å²) >= 11 is 0. The Hall–Kier alpha value is -1.23. The Bertz CT molecular complexity index is 547. The third kappa shape index (κ3) is 8.93. The number of halogens is 4. The van der Waals surface area contributed by atoms with E-state index in [2.05, 4.69) is 20.4 Å². The fourth-order valence-electron chi connectivity index (χ4n) is 2.51. The Labute approximate surface area is 168 Å². The summed E-state index contributed by atoms with van der Waals surface area (Å²) in [5.74, 6) is 0.505. The quantitative estimate of drug-likeness (QED) is 0.352. The standard InChI is InChI=1S/C17H24F3N3O2.HI/c1-2-21-16(23-12-15-4-3-11-24-15)22-10-9-13-5-7-14(8-6-13)25-17(18,19)20;/h5-8,15H,2-4,9-12H2,1H3,(H2,21,22,23);1H. The van der Waals surface area contributed by atoms with Crippen molar-refractivity contribution in [3.05, 3.63) is 29.8 Å². The maximum atomic E-state index is 12.1. The summed E-state index contributed by atoms with van der Waals surface area (Å²) in [6, 6.07) is 5.89. The molecule has 1 aromatic carbocycles. The maximum absolute atomic E-state index is 12.1. The van der Waals surface area contributed by atoms with E-state index in [-0.39, 0.29) is 35.8 Å². The van der Waals surface area contributed by atoms with E-state index in [4.69, 9.17) is 4.74 Å². The predicted molar refractivity (Wildman–Crippen MR) is 105 cm³/mol. The minimum Gasteiger partial charge on any atom is -0.406 e. The van der Waals surface area contributed by atoms with Gasteiger partial charge in [0.05, 0.1) is 12.6 Å². The van der Waals surface area contributed by atoms with Gasteiger partial charge in [-0.1, -0.05) is 12.1 Å². The van der Waals surface area contributed by atoms with Crippen LogP contribution in [0.3, 0.4) is 0 Å². The van der Waals surface area contributed by atoms with Gasteiger partial charge in [-0.05, 0) is 43.9 Å². The first-order valence-electron chi connectivity index (χ1n) is 8.45. The van der Waals surface area contributed by atoms with Gasteiger partial charge in [-0.3, -0.25) is 4.99 Å². The van der Waals surface area contributed by atoms with Crippen molar-refractivity contribution in [2.75, 3.05) is 26.2 Å². The molecule has 0 amide bonds. The van der Waals surface area contributed by atoms with E-state index in [0.29, 0.717) is 19.5 Å². The molecule has 0 radical (unpaired) electrons. The second-order valence-corrected chi connectivity index (χ2v) is 5.72. The van der Waals surface area contributed by atoms with Crippen LogP contribution in [-0.2, 0) is 11.2 Å². The van der Waals surface area contributed by atoms with Gasteiger partial charge >= 0.3 is 6.36 Å². The number of nitrogens with one attached hydrogen (secondary N) is 2. The third-order valence-corrected chi connectivity index (χ3v) is 3.68. The summed E-state index contributed by atoms with van der Waals surface area (Å²) < 4.78 is 45.8. The summed E-state index contributed by atoms with van der Waals surface area (Å²) in [4.78, 5) is 4.51. The predicted octanol–water partition coefficient (Wildman–Crippen LogP) is 3.48. The molecule has 1 unspecified atom stereocenters. The van der Waals surface area contributed by atoms with Crippen LogP contribution in [0.4, 0.5) is 13.2 Å². The van der Waals surface area contributed by atoms with E-state index in [9.17, 15) is 13.2 Å². The van der Waals surface area contributed by atoms with Crippen LogP contribution in [0.15, 0.2) is 29.3 Å². The van der Waals surface area contributed by atoms with Crippen LogP contribution in [-0.4, -0.2) is 44.7 Å². The second-order valence-electron chi connectivity index (χ2n) is 5.72. The molecule has 5 nitrogen and oxygen atoms in total. The van der Waals surface area contributed by atoms with Crippen molar-refractivity contribution in [2.45, 2.75) is 38.7 Å². The van der Waals surface area contributed by atoms with Crippen molar-refractivity contribution in [2.24, 2.45) is 4.99 Å². The molecular weight excluding hydrogens is 462 g/mol. The molecule has 1 aliphatic rings. The zero-order valence-electron chi connectivity index (χ0n) is 14.6. The number of ether oxygens (including phenoxy) is 2. The highest BCUT2D eigenvalue weighted by Gasteiger charge is 2.30. The van der Waals surface area contributed by atoms with Crippen LogP contribution in [0.1, 0.15) is 25.3 Å². The number of nitrogens with zero attached hydrogens (tertiary/aromatic N) is 1. The van der Waals surface area contributed by atoms with Gasteiger partial charge in [0.25, 0.3) is 0 Å². The average molecular weight is 487 g/mol. The van der Waals surface area contributed by atoms with E-state index in [1.54, 1.807) is 12.1 Å². The van der Waals surface area contributed by atoms with Crippen molar-refractivity contribution >= 4 is 29.9 Å². The second kappa shape index (κ2) is 11.5. The Morgan fingerprint density at radius 2 is 2.00 bits per heavy atom. The molecule has 148 valence electrons. The molecule has 26 heavy (non-hydrogen) atoms. The molecule has 1 aliphatic heterocycles. The molecular formula is C17H25F3IN3O2. The first-order chi connectivity index (χ1) is 12.0. The lowest BCUT2D eigenvalue weighted by Gasteiger charge is -2.13. The molecule has 9 heteroatoms. The smallest absolute Gasteiger partial charge is 0.406 e. The molecule has 0 bridgehead atoms. The van der Waals surface area contributed by atoms with Gasteiger partial charge in [0.1, 0.15) is 5.75 Å². The van der Waals surface area contributed by atoms with Crippen LogP contribution >= 0.6 is 24.0 Å². The average Bonchev–Trinajstić information content (AvgIpc) is 3.06. The number of hydrogen-bond donors (Lipinski definition) is 2. The number of rotatable bonds is 7. The number of guanidine groups is 1. The molecule has 0 spiro atoms. The summed E-state index contributed by atoms with van der Waals surface area (Å²) in [7, 11) is 0. The lowest BCUT2D eigenvalue weighted by molar-refractivity contribution is -0.274. The topological polar surface area (TPSA) is 54.9 Å². The third-order valence-electron chi connectivity index (χ3n) is 3.68. The zero-order chi connectivity index (χ0) is 18.1. The van der Waals surface area contributed by atoms with Crippen LogP contribution in [0.25, 0.3) is 0 Å². The minimum atomic E-state index is -4.66. The molecule has 0 aromatic heterocycles.